The van der Waals surface area contributed by atoms with Crippen LogP contribution < -0.4 is 5.32 Å². The molecule has 0 radical (unpaired) electrons. The van der Waals surface area contributed by atoms with Crippen LogP contribution in [0.5, 0.6) is 0 Å². The van der Waals surface area contributed by atoms with Gasteiger partial charge in [-0.05, 0) is 12.1 Å². The molecule has 0 aromatic carbocycles. The Morgan fingerprint density at radius 2 is 2.26 bits per heavy atom. The van der Waals surface area contributed by atoms with Gasteiger partial charge < -0.3 is 5.32 Å². The zero-order valence-electron chi connectivity index (χ0n) is 11.5. The van der Waals surface area contributed by atoms with Gasteiger partial charge in [0.2, 0.25) is 17.9 Å². The molecule has 1 amide bonds. The zero-order valence-corrected chi connectivity index (χ0v) is 12.3. The Kier molecular flexibility index (Phi) is 5.13. The molecule has 9 heteroatoms. The number of nitrogens with zero attached hydrogens (tertiary/aromatic N) is 3. The van der Waals surface area contributed by atoms with Crippen molar-refractivity contribution in [2.75, 3.05) is 0 Å². The lowest BCUT2D eigenvalue weighted by Gasteiger charge is -2.14. The number of aromatic nitrogens is 1. The first-order chi connectivity index (χ1) is 10.9. The molecule has 1 atom stereocenters. The van der Waals surface area contributed by atoms with E-state index < -0.39 is 40.8 Å². The average Bonchev–Trinajstić information content (AvgIpc) is 2.52. The van der Waals surface area contributed by atoms with Crippen LogP contribution in [0.3, 0.4) is 0 Å². The van der Waals surface area contributed by atoms with E-state index in [1.807, 2.05) is 0 Å². The summed E-state index contributed by atoms with van der Waals surface area (Å²) in [5.41, 5.74) is -0.753. The number of ketones is 1. The summed E-state index contributed by atoms with van der Waals surface area (Å²) in [6.07, 6.45) is -1.29. The van der Waals surface area contributed by atoms with Crippen LogP contribution in [0.4, 0.5) is 8.78 Å². The lowest BCUT2D eigenvalue weighted by Crippen LogP contribution is -2.30. The van der Waals surface area contributed by atoms with Crippen LogP contribution in [-0.2, 0) is 16.1 Å². The molecule has 0 saturated heterocycles. The Hall–Kier alpha value is -2.66. The number of halogens is 3. The van der Waals surface area contributed by atoms with E-state index in [0.717, 1.165) is 0 Å². The average molecular weight is 339 g/mol. The van der Waals surface area contributed by atoms with Gasteiger partial charge in [0.1, 0.15) is 22.6 Å². The number of alkyl halides is 1. The topological polar surface area (TPSA) is 95.2 Å². The molecule has 0 saturated carbocycles. The van der Waals surface area contributed by atoms with Crippen molar-refractivity contribution < 1.29 is 18.4 Å². The van der Waals surface area contributed by atoms with Gasteiger partial charge in [-0.1, -0.05) is 11.6 Å². The zero-order chi connectivity index (χ0) is 17.0. The molecule has 6 nitrogen and oxygen atoms in total. The molecule has 1 aliphatic rings. The van der Waals surface area contributed by atoms with Gasteiger partial charge in [-0.15, -0.1) is 0 Å². The summed E-state index contributed by atoms with van der Waals surface area (Å²) in [6, 6.07) is 4.11. The molecular formula is C14H9ClF2N4O2. The van der Waals surface area contributed by atoms with Gasteiger partial charge >= 0.3 is 0 Å². The van der Waals surface area contributed by atoms with E-state index in [1.165, 1.54) is 24.4 Å². The molecule has 1 unspecified atom stereocenters. The van der Waals surface area contributed by atoms with Gasteiger partial charge in [0.25, 0.3) is 0 Å². The van der Waals surface area contributed by atoms with Crippen molar-refractivity contribution >= 4 is 28.5 Å². The van der Waals surface area contributed by atoms with Crippen molar-refractivity contribution in [3.63, 3.8) is 0 Å². The minimum atomic E-state index is -2.19. The maximum Gasteiger partial charge on any atom is 0.226 e. The van der Waals surface area contributed by atoms with Crippen molar-refractivity contribution in [3.05, 3.63) is 41.1 Å². The van der Waals surface area contributed by atoms with E-state index in [0.29, 0.717) is 0 Å². The molecule has 0 bridgehead atoms. The third-order valence-corrected chi connectivity index (χ3v) is 3.22. The van der Waals surface area contributed by atoms with Crippen molar-refractivity contribution in [2.45, 2.75) is 19.1 Å². The summed E-state index contributed by atoms with van der Waals surface area (Å²) in [4.78, 5) is 30.7. The highest BCUT2D eigenvalue weighted by Gasteiger charge is 2.33. The number of amides is 1. The highest BCUT2D eigenvalue weighted by Crippen LogP contribution is 2.22. The number of Topliss-reactive ketones (excluding diaryl/α,β-unsaturated/α-hetero) is 1. The summed E-state index contributed by atoms with van der Waals surface area (Å²) < 4.78 is 26.8. The standard InChI is InChI=1S/C14H9ClF2N4O2/c15-14-12(17)13(23)7(5-18)9(21-14)4-11(22)20-6-10-8(16)2-1-3-19-10/h1-3,12H,4,6H2,(H,20,22). The predicted molar refractivity (Wildman–Crippen MR) is 76.5 cm³/mol. The van der Waals surface area contributed by atoms with E-state index >= 15 is 0 Å². The van der Waals surface area contributed by atoms with Gasteiger partial charge in [-0.25, -0.2) is 13.8 Å². The molecule has 1 N–H and O–H groups in total. The van der Waals surface area contributed by atoms with Gasteiger partial charge in [0.15, 0.2) is 0 Å². The largest absolute Gasteiger partial charge is 0.350 e. The van der Waals surface area contributed by atoms with Gasteiger partial charge in [0, 0.05) is 6.20 Å². The molecule has 1 aromatic rings. The molecule has 23 heavy (non-hydrogen) atoms. The van der Waals surface area contributed by atoms with E-state index in [4.69, 9.17) is 16.9 Å². The van der Waals surface area contributed by atoms with Crippen molar-refractivity contribution in [1.29, 1.82) is 5.26 Å². The number of carbonyl (C=O) groups excluding carboxylic acids is 2. The van der Waals surface area contributed by atoms with Crippen molar-refractivity contribution in [3.8, 4) is 6.07 Å². The van der Waals surface area contributed by atoms with Crippen LogP contribution in [0.25, 0.3) is 0 Å². The van der Waals surface area contributed by atoms with Crippen LogP contribution >= 0.6 is 11.6 Å². The Labute approximate surface area is 134 Å². The molecule has 1 aliphatic heterocycles. The Balaban J connectivity index is 2.08. The predicted octanol–water partition coefficient (Wildman–Crippen LogP) is 1.56. The number of hydrogen-bond donors (Lipinski definition) is 1. The fourth-order valence-corrected chi connectivity index (χ4v) is 2.01. The number of carbonyl (C=O) groups is 2. The number of hydrogen-bond acceptors (Lipinski definition) is 5. The first kappa shape index (κ1) is 16.7. The fraction of sp³-hybridized carbons (Fsp3) is 0.214. The second-order valence-electron chi connectivity index (χ2n) is 4.48. The summed E-state index contributed by atoms with van der Waals surface area (Å²) >= 11 is 5.48. The molecule has 118 valence electrons. The van der Waals surface area contributed by atoms with Crippen LogP contribution in [0, 0.1) is 17.1 Å². The van der Waals surface area contributed by atoms with Crippen LogP contribution in [0.1, 0.15) is 12.1 Å². The number of nitrogens with one attached hydrogen (secondary N) is 1. The quantitative estimate of drug-likeness (QED) is 0.901. The van der Waals surface area contributed by atoms with Gasteiger partial charge in [-0.2, -0.15) is 5.26 Å². The third kappa shape index (κ3) is 3.76. The number of allylic oxidation sites excluding steroid dienone is 1. The lowest BCUT2D eigenvalue weighted by molar-refractivity contribution is -0.120. The molecule has 2 rings (SSSR count). The van der Waals surface area contributed by atoms with Crippen molar-refractivity contribution in [1.82, 2.24) is 10.3 Å². The SMILES string of the molecule is N#CC1=C(CC(=O)NCc2ncccc2F)N=C(Cl)C(F)C1=O. The maximum absolute atomic E-state index is 13.4. The molecule has 0 spiro atoms. The summed E-state index contributed by atoms with van der Waals surface area (Å²) in [5.74, 6) is -2.36. The second kappa shape index (κ2) is 7.07. The highest BCUT2D eigenvalue weighted by molar-refractivity contribution is 6.69. The monoisotopic (exact) mass is 338 g/mol. The summed E-state index contributed by atoms with van der Waals surface area (Å²) in [7, 11) is 0. The Morgan fingerprint density at radius 3 is 2.91 bits per heavy atom. The number of nitriles is 1. The molecule has 1 aromatic heterocycles. The molecule has 0 fully saturated rings. The smallest absolute Gasteiger partial charge is 0.226 e. The van der Waals surface area contributed by atoms with E-state index in [2.05, 4.69) is 15.3 Å². The fourth-order valence-electron chi connectivity index (χ4n) is 1.81. The maximum atomic E-state index is 13.4. The number of aliphatic imine (C=N–C) groups is 1. The number of pyridine rings is 1. The highest BCUT2D eigenvalue weighted by atomic mass is 35.5. The minimum absolute atomic E-state index is 0.0282. The normalized spacial score (nSPS) is 17.6. The van der Waals surface area contributed by atoms with Gasteiger partial charge in [-0.3, -0.25) is 14.6 Å². The van der Waals surface area contributed by atoms with Crippen LogP contribution in [-0.4, -0.2) is 28.0 Å². The summed E-state index contributed by atoms with van der Waals surface area (Å²) in [6.45, 7) is -0.183. The van der Waals surface area contributed by atoms with E-state index in [-0.39, 0.29) is 17.9 Å². The van der Waals surface area contributed by atoms with Crippen LogP contribution in [0.2, 0.25) is 0 Å². The van der Waals surface area contributed by atoms with Crippen LogP contribution in [0.15, 0.2) is 34.6 Å². The van der Waals surface area contributed by atoms with Crippen molar-refractivity contribution in [2.24, 2.45) is 4.99 Å². The molecule has 2 heterocycles. The molecule has 0 aliphatic carbocycles. The Bertz CT molecular complexity index is 770. The van der Waals surface area contributed by atoms with E-state index in [1.54, 1.807) is 0 Å². The minimum Gasteiger partial charge on any atom is -0.350 e. The second-order valence-corrected chi connectivity index (χ2v) is 4.87. The molecular weight excluding hydrogens is 330 g/mol. The summed E-state index contributed by atoms with van der Waals surface area (Å²) in [5, 5.41) is 10.6. The lowest BCUT2D eigenvalue weighted by atomic mass is 10.0. The number of rotatable bonds is 4. The van der Waals surface area contributed by atoms with Gasteiger partial charge in [0.05, 0.1) is 24.4 Å². The van der Waals surface area contributed by atoms with E-state index in [9.17, 15) is 18.4 Å². The Morgan fingerprint density at radius 1 is 1.52 bits per heavy atom. The first-order valence-corrected chi connectivity index (χ1v) is 6.73. The first-order valence-electron chi connectivity index (χ1n) is 6.35. The third-order valence-electron chi connectivity index (χ3n) is 2.94.